The van der Waals surface area contributed by atoms with Crippen LogP contribution in [0.4, 0.5) is 5.13 Å². The highest BCUT2D eigenvalue weighted by Gasteiger charge is 2.23. The van der Waals surface area contributed by atoms with Gasteiger partial charge in [0.2, 0.25) is 15.9 Å². The SMILES string of the molecule is NS(=O)(=O)c1ccc(CC(=O)N2CCN(c3nc4cccnc4s3)CC2)cc1. The molecule has 2 N–H and O–H groups in total. The molecule has 4 rings (SSSR count). The number of benzene rings is 1. The minimum absolute atomic E-state index is 0.0222. The summed E-state index contributed by atoms with van der Waals surface area (Å²) >= 11 is 1.56. The molecule has 10 heteroatoms. The van der Waals surface area contributed by atoms with Crippen LogP contribution in [0.25, 0.3) is 10.3 Å². The number of hydrogen-bond acceptors (Lipinski definition) is 7. The Kier molecular flexibility index (Phi) is 5.00. The Hall–Kier alpha value is -2.56. The van der Waals surface area contributed by atoms with Gasteiger partial charge >= 0.3 is 0 Å². The van der Waals surface area contributed by atoms with Crippen LogP contribution < -0.4 is 10.0 Å². The minimum Gasteiger partial charge on any atom is -0.344 e. The number of primary sulfonamides is 1. The van der Waals surface area contributed by atoms with Crippen LogP contribution >= 0.6 is 11.3 Å². The monoisotopic (exact) mass is 417 g/mol. The molecule has 1 saturated heterocycles. The van der Waals surface area contributed by atoms with Crippen LogP contribution in [0.1, 0.15) is 5.56 Å². The molecule has 28 heavy (non-hydrogen) atoms. The lowest BCUT2D eigenvalue weighted by atomic mass is 10.1. The Morgan fingerprint density at radius 1 is 1.11 bits per heavy atom. The summed E-state index contributed by atoms with van der Waals surface area (Å²) in [6.07, 6.45) is 1.99. The van der Waals surface area contributed by atoms with E-state index in [9.17, 15) is 13.2 Å². The third kappa shape index (κ3) is 3.98. The standard InChI is InChI=1S/C18H19N5O3S2/c19-28(25,26)14-5-3-13(4-6-14)12-16(24)22-8-10-23(11-9-22)18-21-15-2-1-7-20-17(15)27-18/h1-7H,8-12H2,(H2,19,25,26). The summed E-state index contributed by atoms with van der Waals surface area (Å²) in [4.78, 5) is 26.5. The first-order valence-corrected chi connectivity index (χ1v) is 11.1. The van der Waals surface area contributed by atoms with E-state index >= 15 is 0 Å². The third-order valence-corrected chi connectivity index (χ3v) is 6.63. The van der Waals surface area contributed by atoms with Crippen LogP contribution in [-0.2, 0) is 21.2 Å². The number of aromatic nitrogens is 2. The van der Waals surface area contributed by atoms with Crippen LogP contribution in [0.15, 0.2) is 47.5 Å². The molecule has 2 aromatic heterocycles. The van der Waals surface area contributed by atoms with Gasteiger partial charge in [-0.2, -0.15) is 0 Å². The molecule has 0 unspecified atom stereocenters. The van der Waals surface area contributed by atoms with Crippen molar-refractivity contribution in [3.05, 3.63) is 48.2 Å². The van der Waals surface area contributed by atoms with Crippen molar-refractivity contribution in [2.24, 2.45) is 5.14 Å². The van der Waals surface area contributed by atoms with Gasteiger partial charge in [0.25, 0.3) is 0 Å². The van der Waals surface area contributed by atoms with Gasteiger partial charge in [0, 0.05) is 32.4 Å². The molecule has 1 amide bonds. The molecular formula is C18H19N5O3S2. The summed E-state index contributed by atoms with van der Waals surface area (Å²) in [6.45, 7) is 2.68. The maximum absolute atomic E-state index is 12.6. The number of fused-ring (bicyclic) bond motifs is 1. The van der Waals surface area contributed by atoms with Gasteiger partial charge in [-0.15, -0.1) is 0 Å². The molecule has 0 spiro atoms. The molecule has 1 aromatic carbocycles. The van der Waals surface area contributed by atoms with Crippen molar-refractivity contribution in [2.75, 3.05) is 31.1 Å². The van der Waals surface area contributed by atoms with Crippen molar-refractivity contribution >= 4 is 42.7 Å². The van der Waals surface area contributed by atoms with Gasteiger partial charge in [0.05, 0.1) is 11.3 Å². The van der Waals surface area contributed by atoms with Gasteiger partial charge < -0.3 is 9.80 Å². The number of anilines is 1. The fraction of sp³-hybridized carbons (Fsp3) is 0.278. The lowest BCUT2D eigenvalue weighted by Gasteiger charge is -2.34. The molecule has 3 aromatic rings. The van der Waals surface area contributed by atoms with Crippen LogP contribution in [0.5, 0.6) is 0 Å². The van der Waals surface area contributed by atoms with E-state index in [4.69, 9.17) is 5.14 Å². The van der Waals surface area contributed by atoms with Gasteiger partial charge in [0.15, 0.2) is 5.13 Å². The predicted molar refractivity (Wildman–Crippen MR) is 108 cm³/mol. The third-order valence-electron chi connectivity index (χ3n) is 4.67. The van der Waals surface area contributed by atoms with Crippen LogP contribution in [0, 0.1) is 0 Å². The second-order valence-electron chi connectivity index (χ2n) is 6.56. The van der Waals surface area contributed by atoms with E-state index in [0.717, 1.165) is 34.1 Å². The molecule has 0 radical (unpaired) electrons. The Morgan fingerprint density at radius 3 is 2.46 bits per heavy atom. The number of amides is 1. The van der Waals surface area contributed by atoms with Crippen LogP contribution in [0.2, 0.25) is 0 Å². The number of carbonyl (C=O) groups excluding carboxylic acids is 1. The highest BCUT2D eigenvalue weighted by Crippen LogP contribution is 2.27. The lowest BCUT2D eigenvalue weighted by molar-refractivity contribution is -0.130. The second kappa shape index (κ2) is 7.46. The number of carbonyl (C=O) groups is 1. The average Bonchev–Trinajstić information content (AvgIpc) is 3.12. The normalized spacial score (nSPS) is 15.2. The summed E-state index contributed by atoms with van der Waals surface area (Å²) < 4.78 is 22.6. The number of pyridine rings is 1. The predicted octanol–water partition coefficient (Wildman–Crippen LogP) is 1.23. The summed E-state index contributed by atoms with van der Waals surface area (Å²) in [5, 5.41) is 6.02. The zero-order valence-corrected chi connectivity index (χ0v) is 16.6. The Labute approximate surface area is 166 Å². The van der Waals surface area contributed by atoms with Crippen LogP contribution in [-0.4, -0.2) is 55.4 Å². The highest BCUT2D eigenvalue weighted by atomic mass is 32.2. The number of hydrogen-bond donors (Lipinski definition) is 1. The number of piperazine rings is 1. The second-order valence-corrected chi connectivity index (χ2v) is 9.08. The average molecular weight is 418 g/mol. The van der Waals surface area contributed by atoms with Crippen molar-refractivity contribution in [1.82, 2.24) is 14.9 Å². The molecule has 0 atom stereocenters. The first-order chi connectivity index (χ1) is 13.4. The van der Waals surface area contributed by atoms with Gasteiger partial charge in [-0.1, -0.05) is 23.5 Å². The smallest absolute Gasteiger partial charge is 0.238 e. The molecule has 0 aliphatic carbocycles. The highest BCUT2D eigenvalue weighted by molar-refractivity contribution is 7.89. The maximum atomic E-state index is 12.6. The minimum atomic E-state index is -3.72. The molecular weight excluding hydrogens is 398 g/mol. The fourth-order valence-corrected chi connectivity index (χ4v) is 4.60. The molecule has 1 aliphatic rings. The topological polar surface area (TPSA) is 109 Å². The fourth-order valence-electron chi connectivity index (χ4n) is 3.12. The maximum Gasteiger partial charge on any atom is 0.238 e. The van der Waals surface area contributed by atoms with Gasteiger partial charge in [-0.3, -0.25) is 4.79 Å². The van der Waals surface area contributed by atoms with Crippen molar-refractivity contribution in [3.63, 3.8) is 0 Å². The summed E-state index contributed by atoms with van der Waals surface area (Å²) in [7, 11) is -3.72. The van der Waals surface area contributed by atoms with E-state index in [-0.39, 0.29) is 17.2 Å². The van der Waals surface area contributed by atoms with Gasteiger partial charge in [0.1, 0.15) is 10.3 Å². The quantitative estimate of drug-likeness (QED) is 0.684. The Balaban J connectivity index is 1.36. The molecule has 146 valence electrons. The lowest BCUT2D eigenvalue weighted by Crippen LogP contribution is -2.49. The molecule has 1 aliphatic heterocycles. The van der Waals surface area contributed by atoms with Crippen molar-refractivity contribution in [1.29, 1.82) is 0 Å². The number of rotatable bonds is 4. The van der Waals surface area contributed by atoms with Gasteiger partial charge in [-0.25, -0.2) is 23.5 Å². The van der Waals surface area contributed by atoms with E-state index in [2.05, 4.69) is 14.9 Å². The zero-order chi connectivity index (χ0) is 19.7. The van der Waals surface area contributed by atoms with E-state index in [1.54, 1.807) is 29.7 Å². The Morgan fingerprint density at radius 2 is 1.82 bits per heavy atom. The molecule has 1 fully saturated rings. The largest absolute Gasteiger partial charge is 0.344 e. The summed E-state index contributed by atoms with van der Waals surface area (Å²) in [6, 6.07) is 9.93. The first kappa shape index (κ1) is 18.8. The van der Waals surface area contributed by atoms with E-state index in [1.807, 2.05) is 17.0 Å². The first-order valence-electron chi connectivity index (χ1n) is 8.76. The molecule has 0 saturated carbocycles. The van der Waals surface area contributed by atoms with Crippen LogP contribution in [0.3, 0.4) is 0 Å². The number of thiazole rings is 1. The zero-order valence-electron chi connectivity index (χ0n) is 15.0. The van der Waals surface area contributed by atoms with Crippen molar-refractivity contribution in [2.45, 2.75) is 11.3 Å². The molecule has 0 bridgehead atoms. The summed E-state index contributed by atoms with van der Waals surface area (Å²) in [5.74, 6) is 0.0222. The Bertz CT molecular complexity index is 1070. The van der Waals surface area contributed by atoms with E-state index < -0.39 is 10.0 Å². The van der Waals surface area contributed by atoms with E-state index in [1.165, 1.54) is 12.1 Å². The number of nitrogens with zero attached hydrogens (tertiary/aromatic N) is 4. The van der Waals surface area contributed by atoms with Crippen molar-refractivity contribution < 1.29 is 13.2 Å². The molecule has 8 nitrogen and oxygen atoms in total. The van der Waals surface area contributed by atoms with Gasteiger partial charge in [-0.05, 0) is 29.8 Å². The summed E-state index contributed by atoms with van der Waals surface area (Å²) in [5.41, 5.74) is 1.65. The van der Waals surface area contributed by atoms with Crippen molar-refractivity contribution in [3.8, 4) is 0 Å². The molecule has 3 heterocycles. The number of sulfonamides is 1. The number of nitrogens with two attached hydrogens (primary N) is 1. The van der Waals surface area contributed by atoms with E-state index in [0.29, 0.717) is 13.1 Å².